The Morgan fingerprint density at radius 3 is 2.85 bits per heavy atom. The number of rotatable bonds is 4. The summed E-state index contributed by atoms with van der Waals surface area (Å²) in [6.45, 7) is 0.411. The van der Waals surface area contributed by atoms with Crippen LogP contribution in [0.5, 0.6) is 0 Å². The number of fused-ring (bicyclic) bond motifs is 1. The van der Waals surface area contributed by atoms with Gasteiger partial charge in [-0.2, -0.15) is 4.31 Å². The topological polar surface area (TPSA) is 79.4 Å². The van der Waals surface area contributed by atoms with Gasteiger partial charge in [0, 0.05) is 17.8 Å². The number of hydrogen-bond donors (Lipinski definition) is 1. The summed E-state index contributed by atoms with van der Waals surface area (Å²) in [6, 6.07) is 8.50. The zero-order chi connectivity index (χ0) is 19.0. The molecule has 140 valence electrons. The molecule has 0 bridgehead atoms. The number of amides is 1. The zero-order valence-electron chi connectivity index (χ0n) is 13.9. The highest BCUT2D eigenvalue weighted by atomic mass is 32.2. The minimum atomic E-state index is -3.79. The third-order valence-corrected chi connectivity index (χ3v) is 7.80. The predicted molar refractivity (Wildman–Crippen MR) is 102 cm³/mol. The van der Waals surface area contributed by atoms with Crippen molar-refractivity contribution in [1.29, 1.82) is 0 Å². The van der Waals surface area contributed by atoms with Crippen molar-refractivity contribution in [3.8, 4) is 0 Å². The van der Waals surface area contributed by atoms with Gasteiger partial charge in [-0.25, -0.2) is 17.8 Å². The Labute approximate surface area is 163 Å². The number of carbonyl (C=O) groups is 1. The van der Waals surface area contributed by atoms with Gasteiger partial charge < -0.3 is 0 Å². The van der Waals surface area contributed by atoms with Gasteiger partial charge in [0.2, 0.25) is 10.0 Å². The molecule has 0 atom stereocenters. The molecule has 0 unspecified atom stereocenters. The number of nitrogens with one attached hydrogen (secondary N) is 1. The predicted octanol–water partition coefficient (Wildman–Crippen LogP) is 3.34. The van der Waals surface area contributed by atoms with E-state index >= 15 is 0 Å². The fraction of sp³-hybridized carbons (Fsp3) is 0.176. The Kier molecular flexibility index (Phi) is 4.81. The van der Waals surface area contributed by atoms with E-state index in [1.165, 1.54) is 45.2 Å². The van der Waals surface area contributed by atoms with E-state index in [1.54, 1.807) is 12.1 Å². The summed E-state index contributed by atoms with van der Waals surface area (Å²) in [4.78, 5) is 17.9. The molecule has 1 N–H and O–H groups in total. The van der Waals surface area contributed by atoms with E-state index < -0.39 is 15.8 Å². The molecule has 6 nitrogen and oxygen atoms in total. The van der Waals surface area contributed by atoms with Crippen LogP contribution in [0.3, 0.4) is 0 Å². The second-order valence-electron chi connectivity index (χ2n) is 5.87. The molecule has 4 rings (SSSR count). The molecule has 27 heavy (non-hydrogen) atoms. The van der Waals surface area contributed by atoms with Gasteiger partial charge >= 0.3 is 0 Å². The molecular formula is C17H14FN3O3S3. The van der Waals surface area contributed by atoms with E-state index in [9.17, 15) is 17.6 Å². The van der Waals surface area contributed by atoms with Crippen LogP contribution in [0.1, 0.15) is 20.2 Å². The first-order chi connectivity index (χ1) is 12.9. The monoisotopic (exact) mass is 423 g/mol. The third-order valence-electron chi connectivity index (χ3n) is 4.10. The third kappa shape index (κ3) is 3.65. The Balaban J connectivity index is 1.53. The first kappa shape index (κ1) is 18.2. The van der Waals surface area contributed by atoms with E-state index in [-0.39, 0.29) is 23.9 Å². The van der Waals surface area contributed by atoms with Gasteiger partial charge in [-0.15, -0.1) is 22.7 Å². The van der Waals surface area contributed by atoms with Crippen LogP contribution >= 0.6 is 22.7 Å². The molecule has 1 aromatic carbocycles. The van der Waals surface area contributed by atoms with Gasteiger partial charge in [0.1, 0.15) is 5.82 Å². The Hall–Kier alpha value is -2.14. The molecule has 0 fully saturated rings. The van der Waals surface area contributed by atoms with E-state index in [2.05, 4.69) is 10.3 Å². The molecule has 1 aliphatic heterocycles. The van der Waals surface area contributed by atoms with E-state index in [0.717, 1.165) is 16.6 Å². The molecule has 0 saturated carbocycles. The van der Waals surface area contributed by atoms with Gasteiger partial charge in [-0.05, 0) is 29.6 Å². The average Bonchev–Trinajstić information content (AvgIpc) is 3.30. The van der Waals surface area contributed by atoms with Crippen molar-refractivity contribution in [3.63, 3.8) is 0 Å². The summed E-state index contributed by atoms with van der Waals surface area (Å²) in [5.74, 6) is -0.828. The van der Waals surface area contributed by atoms with Crippen LogP contribution in [0.25, 0.3) is 0 Å². The molecule has 0 saturated heterocycles. The highest BCUT2D eigenvalue weighted by molar-refractivity contribution is 7.89. The number of halogens is 1. The van der Waals surface area contributed by atoms with Crippen molar-refractivity contribution in [1.82, 2.24) is 9.29 Å². The zero-order valence-corrected chi connectivity index (χ0v) is 16.3. The summed E-state index contributed by atoms with van der Waals surface area (Å²) in [5, 5.41) is 5.02. The SMILES string of the molecule is O=C(Nc1nc2c(s1)CN(S(=O)(=O)c1cccc(F)c1)CC2)c1cccs1. The van der Waals surface area contributed by atoms with Crippen LogP contribution in [0, 0.1) is 5.82 Å². The lowest BCUT2D eigenvalue weighted by Gasteiger charge is -2.25. The maximum Gasteiger partial charge on any atom is 0.267 e. The van der Waals surface area contributed by atoms with Gasteiger partial charge in [0.15, 0.2) is 5.13 Å². The van der Waals surface area contributed by atoms with Crippen LogP contribution in [0.15, 0.2) is 46.7 Å². The Morgan fingerprint density at radius 1 is 1.26 bits per heavy atom. The molecule has 1 aliphatic rings. The highest BCUT2D eigenvalue weighted by Gasteiger charge is 2.30. The van der Waals surface area contributed by atoms with Crippen molar-refractivity contribution in [2.75, 3.05) is 11.9 Å². The van der Waals surface area contributed by atoms with Crippen LogP contribution in [-0.2, 0) is 23.0 Å². The molecule has 0 spiro atoms. The van der Waals surface area contributed by atoms with Crippen molar-refractivity contribution >= 4 is 43.7 Å². The first-order valence-electron chi connectivity index (χ1n) is 8.02. The lowest BCUT2D eigenvalue weighted by Crippen LogP contribution is -2.35. The quantitative estimate of drug-likeness (QED) is 0.698. The number of thiophene rings is 1. The minimum Gasteiger partial charge on any atom is -0.297 e. The van der Waals surface area contributed by atoms with E-state index in [4.69, 9.17) is 0 Å². The number of anilines is 1. The molecule has 10 heteroatoms. The van der Waals surface area contributed by atoms with Crippen LogP contribution in [-0.4, -0.2) is 30.2 Å². The molecular weight excluding hydrogens is 409 g/mol. The standard InChI is InChI=1S/C17H14FN3O3S3/c18-11-3-1-4-12(9-11)27(23,24)21-7-6-13-15(10-21)26-17(19-13)20-16(22)14-5-2-8-25-14/h1-5,8-9H,6-7,10H2,(H,19,20,22). The minimum absolute atomic E-state index is 0.0679. The summed E-state index contributed by atoms with van der Waals surface area (Å²) >= 11 is 2.59. The second-order valence-corrected chi connectivity index (χ2v) is 9.84. The maximum absolute atomic E-state index is 13.4. The van der Waals surface area contributed by atoms with Gasteiger partial charge in [-0.3, -0.25) is 10.1 Å². The van der Waals surface area contributed by atoms with Crippen LogP contribution < -0.4 is 5.32 Å². The fourth-order valence-electron chi connectivity index (χ4n) is 2.77. The lowest BCUT2D eigenvalue weighted by molar-refractivity contribution is 0.103. The van der Waals surface area contributed by atoms with Gasteiger partial charge in [0.25, 0.3) is 5.91 Å². The normalized spacial score (nSPS) is 14.7. The number of carbonyl (C=O) groups excluding carboxylic acids is 1. The molecule has 3 heterocycles. The average molecular weight is 424 g/mol. The van der Waals surface area contributed by atoms with Crippen molar-refractivity contribution in [2.45, 2.75) is 17.9 Å². The number of aromatic nitrogens is 1. The number of benzene rings is 1. The lowest BCUT2D eigenvalue weighted by atomic mass is 10.2. The van der Waals surface area contributed by atoms with Crippen LogP contribution in [0.4, 0.5) is 9.52 Å². The Bertz CT molecular complexity index is 1090. The highest BCUT2D eigenvalue weighted by Crippen LogP contribution is 2.31. The van der Waals surface area contributed by atoms with Crippen molar-refractivity contribution in [2.24, 2.45) is 0 Å². The fourth-order valence-corrected chi connectivity index (χ4v) is 5.93. The maximum atomic E-state index is 13.4. The van der Waals surface area contributed by atoms with Crippen LogP contribution in [0.2, 0.25) is 0 Å². The molecule has 2 aromatic heterocycles. The number of thiazole rings is 1. The van der Waals surface area contributed by atoms with E-state index in [0.29, 0.717) is 16.4 Å². The van der Waals surface area contributed by atoms with Gasteiger partial charge in [-0.1, -0.05) is 12.1 Å². The number of hydrogen-bond acceptors (Lipinski definition) is 6. The summed E-state index contributed by atoms with van der Waals surface area (Å²) in [7, 11) is -3.79. The second kappa shape index (κ2) is 7.12. The molecule has 3 aromatic rings. The largest absolute Gasteiger partial charge is 0.297 e. The molecule has 0 radical (unpaired) electrons. The first-order valence-corrected chi connectivity index (χ1v) is 11.2. The Morgan fingerprint density at radius 2 is 2.11 bits per heavy atom. The smallest absolute Gasteiger partial charge is 0.267 e. The van der Waals surface area contributed by atoms with Crippen molar-refractivity contribution < 1.29 is 17.6 Å². The summed E-state index contributed by atoms with van der Waals surface area (Å²) < 4.78 is 40.3. The summed E-state index contributed by atoms with van der Waals surface area (Å²) in [6.07, 6.45) is 0.440. The number of sulfonamides is 1. The summed E-state index contributed by atoms with van der Waals surface area (Å²) in [5.41, 5.74) is 0.784. The molecule has 0 aliphatic carbocycles. The van der Waals surface area contributed by atoms with E-state index in [1.807, 2.05) is 5.38 Å². The van der Waals surface area contributed by atoms with Gasteiger partial charge in [0.05, 0.1) is 22.0 Å². The number of nitrogens with zero attached hydrogens (tertiary/aromatic N) is 2. The van der Waals surface area contributed by atoms with Crippen molar-refractivity contribution in [3.05, 3.63) is 63.0 Å². The molecule has 1 amide bonds.